The number of carbonyl (C=O) groups excluding carboxylic acids is 1. The number of rotatable bonds is 8. The molecule has 2 aromatic carbocycles. The molecule has 0 N–H and O–H groups in total. The molecule has 0 bridgehead atoms. The van der Waals surface area contributed by atoms with Crippen LogP contribution < -0.4 is 4.74 Å². The molecule has 0 fully saturated rings. The third-order valence-corrected chi connectivity index (χ3v) is 4.07. The van der Waals surface area contributed by atoms with Gasteiger partial charge in [0, 0.05) is 6.54 Å². The van der Waals surface area contributed by atoms with Crippen LogP contribution in [0.2, 0.25) is 0 Å². The van der Waals surface area contributed by atoms with Gasteiger partial charge < -0.3 is 14.3 Å². The Morgan fingerprint density at radius 3 is 2.47 bits per heavy atom. The first kappa shape index (κ1) is 23.2. The lowest BCUT2D eigenvalue weighted by Crippen LogP contribution is -2.42. The van der Waals surface area contributed by atoms with Crippen LogP contribution in [0.1, 0.15) is 38.8 Å². The summed E-state index contributed by atoms with van der Waals surface area (Å²) in [5.74, 6) is 0.362. The Kier molecular flexibility index (Phi) is 8.21. The van der Waals surface area contributed by atoms with Crippen LogP contribution >= 0.6 is 0 Å². The molecule has 7 heteroatoms. The Morgan fingerprint density at radius 1 is 1.17 bits per heavy atom. The fraction of sp³-hybridized carbons (Fsp3) is 0.391. The van der Waals surface area contributed by atoms with Crippen LogP contribution in [0.4, 0.5) is 9.18 Å². The van der Waals surface area contributed by atoms with E-state index in [1.807, 2.05) is 52.0 Å². The normalized spacial score (nSPS) is 12.5. The number of halogens is 1. The zero-order valence-corrected chi connectivity index (χ0v) is 18.1. The maximum Gasteiger partial charge on any atom is 0.411 e. The van der Waals surface area contributed by atoms with E-state index in [1.54, 1.807) is 23.2 Å². The predicted molar refractivity (Wildman–Crippen MR) is 114 cm³/mol. The molecule has 0 heterocycles. The van der Waals surface area contributed by atoms with Gasteiger partial charge in [-0.15, -0.1) is 0 Å². The summed E-state index contributed by atoms with van der Waals surface area (Å²) in [6.45, 7) is 7.90. The number of amides is 1. The topological polar surface area (TPSA) is 60.4 Å². The minimum absolute atomic E-state index is 0.270. The number of nitrogens with zero attached hydrogens (tertiary/aromatic N) is 2. The summed E-state index contributed by atoms with van der Waals surface area (Å²) < 4.78 is 24.5. The molecule has 0 aromatic heterocycles. The van der Waals surface area contributed by atoms with Crippen molar-refractivity contribution in [3.8, 4) is 5.75 Å². The highest BCUT2D eigenvalue weighted by Gasteiger charge is 2.25. The Morgan fingerprint density at radius 2 is 1.87 bits per heavy atom. The summed E-state index contributed by atoms with van der Waals surface area (Å²) in [5.41, 5.74) is 1.04. The lowest BCUT2D eigenvalue weighted by Gasteiger charge is -2.30. The van der Waals surface area contributed by atoms with Gasteiger partial charge in [0.2, 0.25) is 0 Å². The predicted octanol–water partition coefficient (Wildman–Crippen LogP) is 5.16. The van der Waals surface area contributed by atoms with Crippen LogP contribution in [-0.4, -0.2) is 36.0 Å². The number of ether oxygens (including phenoxy) is 2. The fourth-order valence-electron chi connectivity index (χ4n) is 2.61. The summed E-state index contributed by atoms with van der Waals surface area (Å²) >= 11 is 0. The van der Waals surface area contributed by atoms with E-state index in [1.165, 1.54) is 19.2 Å². The van der Waals surface area contributed by atoms with Crippen molar-refractivity contribution in [1.82, 2.24) is 4.90 Å². The molecule has 1 amide bonds. The van der Waals surface area contributed by atoms with Crippen LogP contribution in [0.3, 0.4) is 0 Å². The van der Waals surface area contributed by atoms with Gasteiger partial charge in [0.25, 0.3) is 0 Å². The van der Waals surface area contributed by atoms with Gasteiger partial charge in [0.15, 0.2) is 0 Å². The SMILES string of the molecule is CO/N=C\C(C)N(Cc1ccc(OCc2cccc(F)c2)cc1)C(=O)OC(C)(C)C. The first-order chi connectivity index (χ1) is 14.2. The van der Waals surface area contributed by atoms with Crippen LogP contribution in [0.25, 0.3) is 0 Å². The van der Waals surface area contributed by atoms with E-state index < -0.39 is 11.7 Å². The number of carbonyl (C=O) groups is 1. The molecule has 0 radical (unpaired) electrons. The number of benzene rings is 2. The molecule has 1 atom stereocenters. The van der Waals surface area contributed by atoms with Gasteiger partial charge in [-0.2, -0.15) is 0 Å². The molecule has 0 aliphatic heterocycles. The zero-order valence-electron chi connectivity index (χ0n) is 18.1. The summed E-state index contributed by atoms with van der Waals surface area (Å²) in [6.07, 6.45) is 1.10. The Balaban J connectivity index is 2.05. The summed E-state index contributed by atoms with van der Waals surface area (Å²) in [7, 11) is 1.45. The second kappa shape index (κ2) is 10.6. The highest BCUT2D eigenvalue weighted by molar-refractivity contribution is 5.75. The molecule has 0 aliphatic carbocycles. The third-order valence-electron chi connectivity index (χ3n) is 4.07. The average Bonchev–Trinajstić information content (AvgIpc) is 2.68. The van der Waals surface area contributed by atoms with Crippen molar-refractivity contribution in [2.45, 2.75) is 52.5 Å². The molecule has 0 aliphatic rings. The lowest BCUT2D eigenvalue weighted by atomic mass is 10.1. The Labute approximate surface area is 177 Å². The van der Waals surface area contributed by atoms with Gasteiger partial charge >= 0.3 is 6.09 Å². The Hall–Kier alpha value is -3.09. The molecule has 0 saturated carbocycles. The van der Waals surface area contributed by atoms with E-state index in [4.69, 9.17) is 14.3 Å². The van der Waals surface area contributed by atoms with Gasteiger partial charge in [-0.1, -0.05) is 29.4 Å². The first-order valence-corrected chi connectivity index (χ1v) is 9.70. The van der Waals surface area contributed by atoms with Gasteiger partial charge in [0.1, 0.15) is 30.9 Å². The van der Waals surface area contributed by atoms with Crippen LogP contribution in [0.5, 0.6) is 5.75 Å². The average molecular weight is 416 g/mol. The van der Waals surface area contributed by atoms with Crippen LogP contribution in [0.15, 0.2) is 53.7 Å². The van der Waals surface area contributed by atoms with E-state index in [-0.39, 0.29) is 18.5 Å². The highest BCUT2D eigenvalue weighted by Crippen LogP contribution is 2.18. The molecular formula is C23H29FN2O4. The van der Waals surface area contributed by atoms with Gasteiger partial charge in [-0.25, -0.2) is 9.18 Å². The lowest BCUT2D eigenvalue weighted by molar-refractivity contribution is 0.0208. The van der Waals surface area contributed by atoms with E-state index in [0.29, 0.717) is 12.3 Å². The number of hydrogen-bond donors (Lipinski definition) is 0. The number of oxime groups is 1. The highest BCUT2D eigenvalue weighted by atomic mass is 19.1. The summed E-state index contributed by atoms with van der Waals surface area (Å²) in [6, 6.07) is 13.3. The van der Waals surface area contributed by atoms with Crippen molar-refractivity contribution < 1.29 is 23.5 Å². The monoisotopic (exact) mass is 416 g/mol. The maximum atomic E-state index is 13.3. The number of hydrogen-bond acceptors (Lipinski definition) is 5. The largest absolute Gasteiger partial charge is 0.489 e. The molecule has 30 heavy (non-hydrogen) atoms. The van der Waals surface area contributed by atoms with Crippen molar-refractivity contribution in [3.05, 3.63) is 65.5 Å². The maximum absolute atomic E-state index is 13.3. The van der Waals surface area contributed by atoms with E-state index >= 15 is 0 Å². The molecule has 0 saturated heterocycles. The zero-order chi connectivity index (χ0) is 22.1. The second-order valence-corrected chi connectivity index (χ2v) is 7.85. The van der Waals surface area contributed by atoms with E-state index in [0.717, 1.165) is 11.1 Å². The molecule has 162 valence electrons. The Bertz CT molecular complexity index is 847. The molecule has 1 unspecified atom stereocenters. The third kappa shape index (κ3) is 7.73. The van der Waals surface area contributed by atoms with Crippen molar-refractivity contribution in [2.24, 2.45) is 5.16 Å². The van der Waals surface area contributed by atoms with Crippen molar-refractivity contribution in [3.63, 3.8) is 0 Å². The van der Waals surface area contributed by atoms with Gasteiger partial charge in [0.05, 0.1) is 12.3 Å². The molecule has 2 rings (SSSR count). The molecule has 6 nitrogen and oxygen atoms in total. The van der Waals surface area contributed by atoms with Gasteiger partial charge in [-0.05, 0) is 63.1 Å². The standard InChI is InChI=1S/C23H29FN2O4/c1-17(14-25-28-5)26(22(27)30-23(2,3)4)15-18-9-11-21(12-10-18)29-16-19-7-6-8-20(24)13-19/h6-14,17H,15-16H2,1-5H3/b25-14-. The quantitative estimate of drug-likeness (QED) is 0.440. The second-order valence-electron chi connectivity index (χ2n) is 7.85. The van der Waals surface area contributed by atoms with E-state index in [9.17, 15) is 9.18 Å². The van der Waals surface area contributed by atoms with E-state index in [2.05, 4.69) is 5.16 Å². The van der Waals surface area contributed by atoms with Crippen LogP contribution in [0, 0.1) is 5.82 Å². The summed E-state index contributed by atoms with van der Waals surface area (Å²) in [5, 5.41) is 3.77. The molecular weight excluding hydrogens is 387 g/mol. The fourth-order valence-corrected chi connectivity index (χ4v) is 2.61. The molecule has 2 aromatic rings. The van der Waals surface area contributed by atoms with Crippen molar-refractivity contribution in [1.29, 1.82) is 0 Å². The molecule has 0 spiro atoms. The minimum Gasteiger partial charge on any atom is -0.489 e. The summed E-state index contributed by atoms with van der Waals surface area (Å²) in [4.78, 5) is 19.0. The van der Waals surface area contributed by atoms with Crippen molar-refractivity contribution >= 4 is 12.3 Å². The smallest absolute Gasteiger partial charge is 0.411 e. The minimum atomic E-state index is -0.609. The van der Waals surface area contributed by atoms with Gasteiger partial charge in [-0.3, -0.25) is 4.90 Å². The first-order valence-electron chi connectivity index (χ1n) is 9.70. The van der Waals surface area contributed by atoms with Crippen molar-refractivity contribution in [2.75, 3.05) is 7.11 Å². The van der Waals surface area contributed by atoms with Crippen LogP contribution in [-0.2, 0) is 22.7 Å².